The van der Waals surface area contributed by atoms with E-state index in [2.05, 4.69) is 48.9 Å². The van der Waals surface area contributed by atoms with E-state index in [1.165, 1.54) is 6.07 Å². The summed E-state index contributed by atoms with van der Waals surface area (Å²) in [5.74, 6) is 0.526. The van der Waals surface area contributed by atoms with E-state index in [0.29, 0.717) is 11.6 Å². The highest BCUT2D eigenvalue weighted by molar-refractivity contribution is 9.10. The van der Waals surface area contributed by atoms with E-state index in [4.69, 9.17) is 0 Å². The zero-order chi connectivity index (χ0) is 14.4. The Kier molecular flexibility index (Phi) is 3.37. The minimum Gasteiger partial charge on any atom is -0.379 e. The monoisotopic (exact) mass is 326 g/mol. The van der Waals surface area contributed by atoms with Crippen molar-refractivity contribution in [1.29, 1.82) is 0 Å². The number of halogens is 1. The van der Waals surface area contributed by atoms with Crippen LogP contribution in [0.5, 0.6) is 0 Å². The average molecular weight is 327 g/mol. The van der Waals surface area contributed by atoms with Gasteiger partial charge in [0.25, 0.3) is 5.69 Å². The second-order valence-corrected chi connectivity index (χ2v) is 7.21. The van der Waals surface area contributed by atoms with Crippen molar-refractivity contribution < 1.29 is 4.92 Å². The number of rotatable bonds is 4. The zero-order valence-electron chi connectivity index (χ0n) is 11.7. The SMILES string of the molecule is CC1(C)C(CNc2cc(Br)ccc2[N+](=O)[O-])C1(C)C. The lowest BCUT2D eigenvalue weighted by Crippen LogP contribution is -2.09. The van der Waals surface area contributed by atoms with Gasteiger partial charge < -0.3 is 5.32 Å². The molecule has 1 aromatic rings. The quantitative estimate of drug-likeness (QED) is 0.656. The van der Waals surface area contributed by atoms with Gasteiger partial charge in [0.05, 0.1) is 4.92 Å². The molecular weight excluding hydrogens is 308 g/mol. The third kappa shape index (κ3) is 2.36. The molecule has 0 aliphatic heterocycles. The van der Waals surface area contributed by atoms with Crippen LogP contribution in [0.3, 0.4) is 0 Å². The second-order valence-electron chi connectivity index (χ2n) is 6.30. The summed E-state index contributed by atoms with van der Waals surface area (Å²) < 4.78 is 0.843. The molecule has 1 saturated carbocycles. The van der Waals surface area contributed by atoms with Crippen LogP contribution in [0.15, 0.2) is 22.7 Å². The van der Waals surface area contributed by atoms with Gasteiger partial charge in [-0.1, -0.05) is 43.6 Å². The second kappa shape index (κ2) is 4.47. The largest absolute Gasteiger partial charge is 0.379 e. The number of hydrogen-bond acceptors (Lipinski definition) is 3. The van der Waals surface area contributed by atoms with Gasteiger partial charge in [-0.15, -0.1) is 0 Å². The van der Waals surface area contributed by atoms with Crippen LogP contribution in [0.2, 0.25) is 0 Å². The minimum absolute atomic E-state index is 0.125. The van der Waals surface area contributed by atoms with Crippen molar-refractivity contribution in [3.8, 4) is 0 Å². The van der Waals surface area contributed by atoms with Crippen LogP contribution in [0, 0.1) is 26.9 Å². The van der Waals surface area contributed by atoms with Gasteiger partial charge in [0.15, 0.2) is 0 Å². The maximum Gasteiger partial charge on any atom is 0.292 e. The lowest BCUT2D eigenvalue weighted by atomic mass is 10.0. The van der Waals surface area contributed by atoms with Crippen molar-refractivity contribution >= 4 is 27.3 Å². The normalized spacial score (nSPS) is 20.1. The molecule has 0 unspecified atom stereocenters. The Morgan fingerprint density at radius 3 is 2.37 bits per heavy atom. The first-order valence-corrected chi connectivity index (χ1v) is 7.15. The highest BCUT2D eigenvalue weighted by atomic mass is 79.9. The number of anilines is 1. The maximum atomic E-state index is 11.0. The molecule has 0 heterocycles. The number of nitro groups is 1. The van der Waals surface area contributed by atoms with Crippen molar-refractivity contribution in [2.24, 2.45) is 16.7 Å². The Labute approximate surface area is 121 Å². The van der Waals surface area contributed by atoms with Gasteiger partial charge in [0, 0.05) is 17.1 Å². The van der Waals surface area contributed by atoms with E-state index in [9.17, 15) is 10.1 Å². The fraction of sp³-hybridized carbons (Fsp3) is 0.571. The molecule has 1 N–H and O–H groups in total. The maximum absolute atomic E-state index is 11.0. The molecule has 1 aromatic carbocycles. The van der Waals surface area contributed by atoms with Gasteiger partial charge in [-0.2, -0.15) is 0 Å². The molecule has 1 aliphatic carbocycles. The van der Waals surface area contributed by atoms with Crippen LogP contribution in [-0.2, 0) is 0 Å². The standard InChI is InChI=1S/C14H19BrN2O2/c1-13(2)12(14(13,3)4)8-16-10-7-9(15)5-6-11(10)17(18)19/h5-7,12,16H,8H2,1-4H3. The first-order valence-electron chi connectivity index (χ1n) is 6.35. The third-order valence-corrected chi connectivity index (χ3v) is 5.46. The zero-order valence-corrected chi connectivity index (χ0v) is 13.2. The first-order chi connectivity index (χ1) is 8.68. The Balaban J connectivity index is 2.13. The Hall–Kier alpha value is -1.10. The summed E-state index contributed by atoms with van der Waals surface area (Å²) in [5.41, 5.74) is 1.26. The van der Waals surface area contributed by atoms with Crippen LogP contribution >= 0.6 is 15.9 Å². The Morgan fingerprint density at radius 1 is 1.32 bits per heavy atom. The molecule has 19 heavy (non-hydrogen) atoms. The topological polar surface area (TPSA) is 55.2 Å². The number of benzene rings is 1. The molecule has 4 nitrogen and oxygen atoms in total. The number of nitrogens with one attached hydrogen (secondary N) is 1. The van der Waals surface area contributed by atoms with Gasteiger partial charge in [-0.25, -0.2) is 0 Å². The summed E-state index contributed by atoms with van der Waals surface area (Å²) in [7, 11) is 0. The summed E-state index contributed by atoms with van der Waals surface area (Å²) in [6.07, 6.45) is 0. The van der Waals surface area contributed by atoms with E-state index < -0.39 is 0 Å². The number of nitro benzene ring substituents is 1. The molecule has 0 radical (unpaired) electrons. The van der Waals surface area contributed by atoms with Gasteiger partial charge in [-0.3, -0.25) is 10.1 Å². The molecule has 0 bridgehead atoms. The predicted molar refractivity (Wildman–Crippen MR) is 80.3 cm³/mol. The van der Waals surface area contributed by atoms with E-state index in [0.717, 1.165) is 11.0 Å². The lowest BCUT2D eigenvalue weighted by Gasteiger charge is -2.08. The highest BCUT2D eigenvalue weighted by Gasteiger charge is 2.64. The van der Waals surface area contributed by atoms with Crippen molar-refractivity contribution in [2.75, 3.05) is 11.9 Å². The van der Waals surface area contributed by atoms with Crippen LogP contribution in [-0.4, -0.2) is 11.5 Å². The van der Waals surface area contributed by atoms with Crippen LogP contribution in [0.4, 0.5) is 11.4 Å². The van der Waals surface area contributed by atoms with Gasteiger partial charge in [0.1, 0.15) is 5.69 Å². The Morgan fingerprint density at radius 2 is 1.89 bits per heavy atom. The van der Waals surface area contributed by atoms with Crippen LogP contribution in [0.1, 0.15) is 27.7 Å². The molecule has 104 valence electrons. The smallest absolute Gasteiger partial charge is 0.292 e. The molecule has 0 spiro atoms. The van der Waals surface area contributed by atoms with E-state index in [1.807, 2.05) is 0 Å². The molecule has 0 saturated heterocycles. The molecule has 0 amide bonds. The van der Waals surface area contributed by atoms with Crippen molar-refractivity contribution in [3.63, 3.8) is 0 Å². The van der Waals surface area contributed by atoms with Gasteiger partial charge >= 0.3 is 0 Å². The predicted octanol–water partition coefficient (Wildman–Crippen LogP) is 4.45. The van der Waals surface area contributed by atoms with E-state index in [-0.39, 0.29) is 21.4 Å². The summed E-state index contributed by atoms with van der Waals surface area (Å²) in [4.78, 5) is 10.6. The highest BCUT2D eigenvalue weighted by Crippen LogP contribution is 2.68. The minimum atomic E-state index is -0.349. The van der Waals surface area contributed by atoms with Crippen LogP contribution in [0.25, 0.3) is 0 Å². The van der Waals surface area contributed by atoms with Gasteiger partial charge in [0.2, 0.25) is 0 Å². The van der Waals surface area contributed by atoms with E-state index >= 15 is 0 Å². The fourth-order valence-corrected chi connectivity index (χ4v) is 3.23. The number of hydrogen-bond donors (Lipinski definition) is 1. The summed E-state index contributed by atoms with van der Waals surface area (Å²) in [6, 6.07) is 4.98. The molecule has 5 heteroatoms. The van der Waals surface area contributed by atoms with Gasteiger partial charge in [-0.05, 0) is 28.9 Å². The third-order valence-electron chi connectivity index (χ3n) is 4.97. The molecule has 0 atom stereocenters. The lowest BCUT2D eigenvalue weighted by molar-refractivity contribution is -0.384. The molecule has 0 aromatic heterocycles. The van der Waals surface area contributed by atoms with Crippen molar-refractivity contribution in [1.82, 2.24) is 0 Å². The van der Waals surface area contributed by atoms with Crippen molar-refractivity contribution in [3.05, 3.63) is 32.8 Å². The first kappa shape index (κ1) is 14.3. The molecule has 2 rings (SSSR count). The average Bonchev–Trinajstić information content (AvgIpc) is 2.66. The van der Waals surface area contributed by atoms with E-state index in [1.54, 1.807) is 12.1 Å². The molecular formula is C14H19BrN2O2. The Bertz CT molecular complexity index is 512. The fourth-order valence-electron chi connectivity index (χ4n) is 2.86. The summed E-state index contributed by atoms with van der Waals surface area (Å²) in [6.45, 7) is 9.74. The number of nitrogens with zero attached hydrogens (tertiary/aromatic N) is 1. The molecule has 1 fully saturated rings. The van der Waals surface area contributed by atoms with Crippen molar-refractivity contribution in [2.45, 2.75) is 27.7 Å². The summed E-state index contributed by atoms with van der Waals surface area (Å²) >= 11 is 3.35. The summed E-state index contributed by atoms with van der Waals surface area (Å²) in [5, 5.41) is 14.2. The van der Waals surface area contributed by atoms with Crippen LogP contribution < -0.4 is 5.32 Å². The molecule has 1 aliphatic rings.